The van der Waals surface area contributed by atoms with Crippen molar-refractivity contribution in [1.82, 2.24) is 5.32 Å². The summed E-state index contributed by atoms with van der Waals surface area (Å²) in [4.78, 5) is 11.0. The van der Waals surface area contributed by atoms with Crippen molar-refractivity contribution >= 4 is 6.09 Å². The molecule has 0 saturated heterocycles. The van der Waals surface area contributed by atoms with Crippen LogP contribution in [0, 0.1) is 5.92 Å². The lowest BCUT2D eigenvalue weighted by Crippen LogP contribution is -2.32. The smallest absolute Gasteiger partial charge is 0.407 e. The van der Waals surface area contributed by atoms with Gasteiger partial charge in [0.05, 0.1) is 12.7 Å². The second-order valence-electron chi connectivity index (χ2n) is 3.91. The van der Waals surface area contributed by atoms with Crippen LogP contribution in [0.15, 0.2) is 0 Å². The van der Waals surface area contributed by atoms with E-state index in [-0.39, 0.29) is 19.3 Å². The zero-order valence-corrected chi connectivity index (χ0v) is 8.82. The highest BCUT2D eigenvalue weighted by atomic mass is 16.6. The lowest BCUT2D eigenvalue weighted by Gasteiger charge is -2.25. The molecule has 5 nitrogen and oxygen atoms in total. The fourth-order valence-electron chi connectivity index (χ4n) is 1.77. The molecule has 5 heteroatoms. The minimum absolute atomic E-state index is 0.0369. The quantitative estimate of drug-likeness (QED) is 0.631. The van der Waals surface area contributed by atoms with Crippen molar-refractivity contribution in [1.29, 1.82) is 0 Å². The summed E-state index contributed by atoms with van der Waals surface area (Å²) in [6, 6.07) is 0. The largest absolute Gasteiger partial charge is 0.447 e. The van der Waals surface area contributed by atoms with Gasteiger partial charge in [0.15, 0.2) is 0 Å². The van der Waals surface area contributed by atoms with Crippen LogP contribution in [0.2, 0.25) is 0 Å². The van der Waals surface area contributed by atoms with Gasteiger partial charge in [-0.3, -0.25) is 0 Å². The highest BCUT2D eigenvalue weighted by Crippen LogP contribution is 2.23. The first-order valence-electron chi connectivity index (χ1n) is 5.42. The van der Waals surface area contributed by atoms with Gasteiger partial charge in [0, 0.05) is 6.54 Å². The van der Waals surface area contributed by atoms with Crippen LogP contribution in [0.5, 0.6) is 0 Å². The van der Waals surface area contributed by atoms with Gasteiger partial charge in [0.1, 0.15) is 6.61 Å². The number of alkyl carbamates (subject to hydrolysis) is 1. The van der Waals surface area contributed by atoms with Crippen molar-refractivity contribution in [3.05, 3.63) is 0 Å². The Morgan fingerprint density at radius 2 is 2.00 bits per heavy atom. The molecule has 0 aromatic heterocycles. The average molecular weight is 217 g/mol. The van der Waals surface area contributed by atoms with Gasteiger partial charge >= 0.3 is 6.09 Å². The van der Waals surface area contributed by atoms with Crippen LogP contribution in [0.4, 0.5) is 4.79 Å². The molecule has 1 fully saturated rings. The summed E-state index contributed by atoms with van der Waals surface area (Å²) in [5.74, 6) is 0.440. The molecular weight excluding hydrogens is 198 g/mol. The predicted octanol–water partition coefficient (Wildman–Crippen LogP) is 0.256. The van der Waals surface area contributed by atoms with Crippen molar-refractivity contribution < 1.29 is 19.7 Å². The molecule has 1 aliphatic carbocycles. The van der Waals surface area contributed by atoms with Gasteiger partial charge in [-0.15, -0.1) is 0 Å². The number of aliphatic hydroxyl groups is 2. The van der Waals surface area contributed by atoms with E-state index in [1.54, 1.807) is 0 Å². The molecule has 15 heavy (non-hydrogen) atoms. The molecule has 1 saturated carbocycles. The van der Waals surface area contributed by atoms with Crippen LogP contribution in [0.1, 0.15) is 25.7 Å². The average Bonchev–Trinajstić information content (AvgIpc) is 2.25. The van der Waals surface area contributed by atoms with Gasteiger partial charge < -0.3 is 20.3 Å². The van der Waals surface area contributed by atoms with Crippen molar-refractivity contribution in [2.24, 2.45) is 5.92 Å². The number of ether oxygens (including phenoxy) is 1. The molecule has 3 N–H and O–H groups in total. The maximum Gasteiger partial charge on any atom is 0.407 e. The Balaban J connectivity index is 2.06. The molecule has 0 unspecified atom stereocenters. The Kier molecular flexibility index (Phi) is 5.42. The Labute approximate surface area is 89.4 Å². The van der Waals surface area contributed by atoms with Gasteiger partial charge in [-0.25, -0.2) is 4.79 Å². The Morgan fingerprint density at radius 3 is 2.60 bits per heavy atom. The number of nitrogens with one attached hydrogen (secondary N) is 1. The molecular formula is C10H19NO4. The van der Waals surface area contributed by atoms with Gasteiger partial charge in [0.2, 0.25) is 0 Å². The van der Waals surface area contributed by atoms with Crippen LogP contribution in [0.25, 0.3) is 0 Å². The molecule has 0 heterocycles. The number of amides is 1. The van der Waals surface area contributed by atoms with E-state index in [9.17, 15) is 9.90 Å². The fourth-order valence-corrected chi connectivity index (χ4v) is 1.77. The molecule has 0 spiro atoms. The molecule has 0 aromatic rings. The normalized spacial score (nSPS) is 26.0. The minimum atomic E-state index is -0.477. The predicted molar refractivity (Wildman–Crippen MR) is 54.4 cm³/mol. The summed E-state index contributed by atoms with van der Waals surface area (Å²) in [6.07, 6.45) is 2.89. The minimum Gasteiger partial charge on any atom is -0.447 e. The zero-order valence-electron chi connectivity index (χ0n) is 8.82. The highest BCUT2D eigenvalue weighted by molar-refractivity contribution is 5.67. The Hall–Kier alpha value is -0.810. The lowest BCUT2D eigenvalue weighted by molar-refractivity contribution is 0.101. The number of carbonyl (C=O) groups is 1. The number of rotatable bonds is 4. The molecule has 88 valence electrons. The Morgan fingerprint density at radius 1 is 1.33 bits per heavy atom. The number of carbonyl (C=O) groups excluding carboxylic acids is 1. The third-order valence-electron chi connectivity index (χ3n) is 2.68. The molecule has 1 aliphatic rings. The van der Waals surface area contributed by atoms with Crippen molar-refractivity contribution in [3.8, 4) is 0 Å². The second-order valence-corrected chi connectivity index (χ2v) is 3.91. The number of aliphatic hydroxyl groups excluding tert-OH is 2. The first kappa shape index (κ1) is 12.3. The van der Waals surface area contributed by atoms with E-state index >= 15 is 0 Å². The van der Waals surface area contributed by atoms with Crippen molar-refractivity contribution in [3.63, 3.8) is 0 Å². The van der Waals surface area contributed by atoms with Gasteiger partial charge in [0.25, 0.3) is 0 Å². The van der Waals surface area contributed by atoms with E-state index in [1.807, 2.05) is 0 Å². The van der Waals surface area contributed by atoms with E-state index in [2.05, 4.69) is 10.1 Å². The van der Waals surface area contributed by atoms with Crippen LogP contribution in [-0.4, -0.2) is 42.2 Å². The maximum atomic E-state index is 11.0. The summed E-state index contributed by atoms with van der Waals surface area (Å²) in [7, 11) is 0. The summed E-state index contributed by atoms with van der Waals surface area (Å²) in [5, 5.41) is 20.4. The highest BCUT2D eigenvalue weighted by Gasteiger charge is 2.19. The van der Waals surface area contributed by atoms with Crippen LogP contribution >= 0.6 is 0 Å². The van der Waals surface area contributed by atoms with E-state index in [0.717, 1.165) is 25.7 Å². The monoisotopic (exact) mass is 217 g/mol. The standard InChI is InChI=1S/C10H19NO4/c12-5-6-15-10(14)11-7-8-1-3-9(13)4-2-8/h8-9,12-13H,1-7H2,(H,11,14). The summed E-state index contributed by atoms with van der Waals surface area (Å²) in [5.41, 5.74) is 0. The summed E-state index contributed by atoms with van der Waals surface area (Å²) >= 11 is 0. The van der Waals surface area contributed by atoms with Crippen LogP contribution in [0.3, 0.4) is 0 Å². The number of hydrogen-bond acceptors (Lipinski definition) is 4. The molecule has 1 rings (SSSR count). The van der Waals surface area contributed by atoms with Gasteiger partial charge in [-0.05, 0) is 31.6 Å². The van der Waals surface area contributed by atoms with Crippen LogP contribution < -0.4 is 5.32 Å². The lowest BCUT2D eigenvalue weighted by atomic mass is 9.87. The van der Waals surface area contributed by atoms with E-state index in [4.69, 9.17) is 5.11 Å². The Bertz CT molecular complexity index is 190. The molecule has 1 amide bonds. The van der Waals surface area contributed by atoms with Crippen LogP contribution in [-0.2, 0) is 4.74 Å². The van der Waals surface area contributed by atoms with E-state index < -0.39 is 6.09 Å². The molecule has 0 radical (unpaired) electrons. The van der Waals surface area contributed by atoms with Crippen molar-refractivity contribution in [2.45, 2.75) is 31.8 Å². The van der Waals surface area contributed by atoms with E-state index in [1.165, 1.54) is 0 Å². The molecule has 0 bridgehead atoms. The van der Waals surface area contributed by atoms with E-state index in [0.29, 0.717) is 12.5 Å². The van der Waals surface area contributed by atoms with Gasteiger partial charge in [-0.1, -0.05) is 0 Å². The molecule has 0 aliphatic heterocycles. The summed E-state index contributed by atoms with van der Waals surface area (Å²) < 4.78 is 4.65. The fraction of sp³-hybridized carbons (Fsp3) is 0.900. The topological polar surface area (TPSA) is 78.8 Å². The third-order valence-corrected chi connectivity index (χ3v) is 2.68. The molecule has 0 aromatic carbocycles. The van der Waals surface area contributed by atoms with Crippen molar-refractivity contribution in [2.75, 3.05) is 19.8 Å². The first-order valence-corrected chi connectivity index (χ1v) is 5.42. The second kappa shape index (κ2) is 6.63. The van der Waals surface area contributed by atoms with Gasteiger partial charge in [-0.2, -0.15) is 0 Å². The summed E-state index contributed by atoms with van der Waals surface area (Å²) in [6.45, 7) is 0.481. The SMILES string of the molecule is O=C(NCC1CCC(O)CC1)OCCO. The zero-order chi connectivity index (χ0) is 11.1. The maximum absolute atomic E-state index is 11.0. The first-order chi connectivity index (χ1) is 7.22. The third kappa shape index (κ3) is 4.99. The number of hydrogen-bond donors (Lipinski definition) is 3. The molecule has 0 atom stereocenters.